The second-order valence-electron chi connectivity index (χ2n) is 9.04. The average Bonchev–Trinajstić information content (AvgIpc) is 3.20. The number of rotatable bonds is 5. The predicted molar refractivity (Wildman–Crippen MR) is 135 cm³/mol. The molecule has 6 heteroatoms. The van der Waals surface area contributed by atoms with Crippen LogP contribution < -0.4 is 15.0 Å². The number of nitrogens with zero attached hydrogens (tertiary/aromatic N) is 1. The topological polar surface area (TPSA) is 58.6 Å². The van der Waals surface area contributed by atoms with E-state index in [4.69, 9.17) is 4.74 Å². The summed E-state index contributed by atoms with van der Waals surface area (Å²) in [4.78, 5) is 27.3. The number of hydrogen-bond donors (Lipinski definition) is 1. The summed E-state index contributed by atoms with van der Waals surface area (Å²) in [5.74, 6) is 0.923. The van der Waals surface area contributed by atoms with Crippen LogP contribution in [0.15, 0.2) is 72.8 Å². The van der Waals surface area contributed by atoms with Crippen LogP contribution >= 0.6 is 11.8 Å². The Bertz CT molecular complexity index is 1170. The molecule has 0 saturated carbocycles. The largest absolute Gasteiger partial charge is 0.497 e. The van der Waals surface area contributed by atoms with Gasteiger partial charge in [0.15, 0.2) is 0 Å². The Hall–Kier alpha value is -3.25. The Morgan fingerprint density at radius 1 is 1.03 bits per heavy atom. The van der Waals surface area contributed by atoms with E-state index in [-0.39, 0.29) is 22.6 Å². The molecule has 1 heterocycles. The maximum Gasteiger partial charge on any atom is 0.255 e. The molecular weight excluding hydrogens is 432 g/mol. The van der Waals surface area contributed by atoms with Gasteiger partial charge in [-0.2, -0.15) is 0 Å². The Balaban J connectivity index is 1.56. The van der Waals surface area contributed by atoms with E-state index in [0.29, 0.717) is 22.8 Å². The van der Waals surface area contributed by atoms with Crippen LogP contribution in [-0.2, 0) is 10.2 Å². The van der Waals surface area contributed by atoms with Gasteiger partial charge in [0.1, 0.15) is 11.1 Å². The zero-order valence-electron chi connectivity index (χ0n) is 19.3. The highest BCUT2D eigenvalue weighted by Gasteiger charge is 2.34. The first kappa shape index (κ1) is 22.9. The van der Waals surface area contributed by atoms with Gasteiger partial charge in [0.2, 0.25) is 5.91 Å². The van der Waals surface area contributed by atoms with E-state index < -0.39 is 0 Å². The number of carbonyl (C=O) groups excluding carboxylic acids is 2. The maximum absolute atomic E-state index is 12.8. The van der Waals surface area contributed by atoms with E-state index in [1.54, 1.807) is 43.1 Å². The molecule has 3 aromatic carbocycles. The fourth-order valence-corrected chi connectivity index (χ4v) is 4.98. The van der Waals surface area contributed by atoms with Crippen LogP contribution in [0.5, 0.6) is 5.75 Å². The van der Waals surface area contributed by atoms with Gasteiger partial charge in [-0.15, -0.1) is 11.8 Å². The quantitative estimate of drug-likeness (QED) is 0.506. The van der Waals surface area contributed by atoms with Crippen LogP contribution in [0.2, 0.25) is 0 Å². The van der Waals surface area contributed by atoms with Crippen molar-refractivity contribution in [3.63, 3.8) is 0 Å². The molecule has 170 valence electrons. The third kappa shape index (κ3) is 5.06. The van der Waals surface area contributed by atoms with Crippen molar-refractivity contribution in [2.75, 3.05) is 23.1 Å². The summed E-state index contributed by atoms with van der Waals surface area (Å²) in [6.07, 6.45) is 0. The highest BCUT2D eigenvalue weighted by Crippen LogP contribution is 2.42. The number of ether oxygens (including phenoxy) is 1. The lowest BCUT2D eigenvalue weighted by Gasteiger charge is -2.26. The van der Waals surface area contributed by atoms with Crippen molar-refractivity contribution in [3.8, 4) is 5.75 Å². The number of nitrogens with one attached hydrogen (secondary N) is 1. The number of benzene rings is 3. The van der Waals surface area contributed by atoms with E-state index >= 15 is 0 Å². The molecule has 33 heavy (non-hydrogen) atoms. The van der Waals surface area contributed by atoms with Crippen molar-refractivity contribution in [2.45, 2.75) is 31.6 Å². The molecule has 0 radical (unpaired) electrons. The third-order valence-corrected chi connectivity index (χ3v) is 6.85. The minimum Gasteiger partial charge on any atom is -0.497 e. The summed E-state index contributed by atoms with van der Waals surface area (Å²) < 4.78 is 5.21. The Morgan fingerprint density at radius 2 is 1.76 bits per heavy atom. The van der Waals surface area contributed by atoms with Crippen molar-refractivity contribution >= 4 is 35.0 Å². The van der Waals surface area contributed by atoms with Gasteiger partial charge in [-0.05, 0) is 59.0 Å². The number of thioether (sulfide) groups is 1. The molecule has 1 aliphatic rings. The van der Waals surface area contributed by atoms with Crippen LogP contribution in [0.25, 0.3) is 0 Å². The lowest BCUT2D eigenvalue weighted by Crippen LogP contribution is -2.28. The second kappa shape index (κ2) is 9.32. The first-order valence-electron chi connectivity index (χ1n) is 10.9. The molecule has 1 aliphatic heterocycles. The fraction of sp³-hybridized carbons (Fsp3) is 0.259. The molecule has 0 bridgehead atoms. The van der Waals surface area contributed by atoms with E-state index in [2.05, 4.69) is 38.2 Å². The Labute approximate surface area is 199 Å². The first-order valence-corrected chi connectivity index (χ1v) is 11.9. The molecule has 2 amide bonds. The van der Waals surface area contributed by atoms with Gasteiger partial charge >= 0.3 is 0 Å². The van der Waals surface area contributed by atoms with Crippen molar-refractivity contribution in [2.24, 2.45) is 0 Å². The molecule has 1 atom stereocenters. The van der Waals surface area contributed by atoms with E-state index in [9.17, 15) is 9.59 Å². The van der Waals surface area contributed by atoms with Gasteiger partial charge in [-0.3, -0.25) is 14.5 Å². The van der Waals surface area contributed by atoms with Gasteiger partial charge in [0.25, 0.3) is 5.91 Å². The van der Waals surface area contributed by atoms with Crippen LogP contribution in [0, 0.1) is 0 Å². The normalized spacial score (nSPS) is 16.1. The van der Waals surface area contributed by atoms with Gasteiger partial charge < -0.3 is 10.1 Å². The summed E-state index contributed by atoms with van der Waals surface area (Å²) in [7, 11) is 1.57. The molecule has 0 spiro atoms. The fourth-order valence-electron chi connectivity index (χ4n) is 3.81. The van der Waals surface area contributed by atoms with Gasteiger partial charge in [-0.25, -0.2) is 0 Å². The maximum atomic E-state index is 12.8. The predicted octanol–water partition coefficient (Wildman–Crippen LogP) is 6.02. The molecule has 4 rings (SSSR count). The summed E-state index contributed by atoms with van der Waals surface area (Å²) in [6, 6.07) is 22.9. The summed E-state index contributed by atoms with van der Waals surface area (Å²) in [5.41, 5.74) is 4.33. The van der Waals surface area contributed by atoms with Crippen molar-refractivity contribution in [1.82, 2.24) is 0 Å². The summed E-state index contributed by atoms with van der Waals surface area (Å²) in [5, 5.41) is 2.81. The van der Waals surface area contributed by atoms with Crippen LogP contribution in [0.4, 0.5) is 11.4 Å². The summed E-state index contributed by atoms with van der Waals surface area (Å²) in [6.45, 7) is 6.52. The number of carbonyl (C=O) groups is 2. The van der Waals surface area contributed by atoms with Crippen LogP contribution in [0.3, 0.4) is 0 Å². The van der Waals surface area contributed by atoms with Gasteiger partial charge in [0, 0.05) is 16.9 Å². The molecule has 0 unspecified atom stereocenters. The van der Waals surface area contributed by atoms with Crippen molar-refractivity contribution < 1.29 is 14.3 Å². The van der Waals surface area contributed by atoms with Crippen LogP contribution in [-0.4, -0.2) is 24.7 Å². The summed E-state index contributed by atoms with van der Waals surface area (Å²) >= 11 is 1.59. The van der Waals surface area contributed by atoms with E-state index in [0.717, 1.165) is 11.3 Å². The van der Waals surface area contributed by atoms with Gasteiger partial charge in [0.05, 0.1) is 12.9 Å². The molecular formula is C27H28N2O3S. The molecule has 1 fully saturated rings. The zero-order chi connectivity index (χ0) is 23.6. The Morgan fingerprint density at radius 3 is 2.45 bits per heavy atom. The number of hydrogen-bond acceptors (Lipinski definition) is 4. The molecule has 5 nitrogen and oxygen atoms in total. The third-order valence-electron chi connectivity index (χ3n) is 5.64. The van der Waals surface area contributed by atoms with Crippen molar-refractivity contribution in [1.29, 1.82) is 0 Å². The molecule has 1 N–H and O–H groups in total. The minimum absolute atomic E-state index is 0.0526. The van der Waals surface area contributed by atoms with Crippen LogP contribution in [0.1, 0.15) is 47.6 Å². The average molecular weight is 461 g/mol. The number of anilines is 2. The second-order valence-corrected chi connectivity index (χ2v) is 10.1. The molecule has 1 saturated heterocycles. The highest BCUT2D eigenvalue weighted by atomic mass is 32.2. The molecule has 3 aromatic rings. The lowest BCUT2D eigenvalue weighted by molar-refractivity contribution is -0.115. The van der Waals surface area contributed by atoms with Gasteiger partial charge in [-0.1, -0.05) is 51.1 Å². The van der Waals surface area contributed by atoms with E-state index in [1.165, 1.54) is 5.56 Å². The smallest absolute Gasteiger partial charge is 0.255 e. The lowest BCUT2D eigenvalue weighted by atomic mass is 9.87. The number of methoxy groups -OCH3 is 1. The minimum atomic E-state index is -0.212. The zero-order valence-corrected chi connectivity index (χ0v) is 20.1. The highest BCUT2D eigenvalue weighted by molar-refractivity contribution is 8.00. The Kier molecular flexibility index (Phi) is 6.47. The van der Waals surface area contributed by atoms with E-state index in [1.807, 2.05) is 41.3 Å². The SMILES string of the molecule is COc1cccc(C(=O)Nc2cccc([C@@H]3SCC(=O)N3c3ccc(C(C)(C)C)cc3)c2)c1. The first-order chi connectivity index (χ1) is 15.8. The molecule has 0 aliphatic carbocycles. The number of amides is 2. The van der Waals surface area contributed by atoms with Crippen molar-refractivity contribution in [3.05, 3.63) is 89.5 Å². The molecule has 0 aromatic heterocycles. The standard InChI is InChI=1S/C27H28N2O3S/c1-27(2,3)20-11-13-22(14-12-20)29-24(30)17-33-26(29)19-8-5-9-21(15-19)28-25(31)18-7-6-10-23(16-18)32-4/h5-16,26H,17H2,1-4H3,(H,28,31)/t26-/m0/s1. The monoisotopic (exact) mass is 460 g/mol.